The van der Waals surface area contributed by atoms with Crippen LogP contribution in [-0.4, -0.2) is 12.1 Å². The SMILES string of the molecule is C=CCc1ccc(-c2ccc(OC)cc2)nc1. The summed E-state index contributed by atoms with van der Waals surface area (Å²) in [6, 6.07) is 12.0. The molecule has 0 aliphatic rings. The van der Waals surface area contributed by atoms with Crippen molar-refractivity contribution >= 4 is 0 Å². The van der Waals surface area contributed by atoms with Crippen LogP contribution in [0.1, 0.15) is 5.56 Å². The standard InChI is InChI=1S/C15H15NO/c1-3-4-12-5-10-15(16-11-12)13-6-8-14(17-2)9-7-13/h3,5-11H,1,4H2,2H3. The van der Waals surface area contributed by atoms with Crippen molar-refractivity contribution in [3.8, 4) is 17.0 Å². The van der Waals surface area contributed by atoms with Crippen molar-refractivity contribution in [3.63, 3.8) is 0 Å². The highest BCUT2D eigenvalue weighted by Crippen LogP contribution is 2.20. The van der Waals surface area contributed by atoms with Crippen molar-refractivity contribution in [2.45, 2.75) is 6.42 Å². The first-order valence-corrected chi connectivity index (χ1v) is 5.53. The van der Waals surface area contributed by atoms with Gasteiger partial charge in [0.15, 0.2) is 0 Å². The first-order valence-electron chi connectivity index (χ1n) is 5.53. The number of methoxy groups -OCH3 is 1. The molecule has 0 spiro atoms. The molecular weight excluding hydrogens is 210 g/mol. The van der Waals surface area contributed by atoms with Crippen molar-refractivity contribution in [2.24, 2.45) is 0 Å². The summed E-state index contributed by atoms with van der Waals surface area (Å²) in [5, 5.41) is 0. The highest BCUT2D eigenvalue weighted by atomic mass is 16.5. The van der Waals surface area contributed by atoms with Crippen molar-refractivity contribution < 1.29 is 4.74 Å². The Balaban J connectivity index is 2.23. The van der Waals surface area contributed by atoms with E-state index in [2.05, 4.69) is 17.6 Å². The van der Waals surface area contributed by atoms with E-state index in [1.54, 1.807) is 7.11 Å². The Bertz CT molecular complexity index is 485. The van der Waals surface area contributed by atoms with Gasteiger partial charge in [0.25, 0.3) is 0 Å². The van der Waals surface area contributed by atoms with E-state index in [1.165, 1.54) is 5.56 Å². The fourth-order valence-electron chi connectivity index (χ4n) is 1.64. The minimum Gasteiger partial charge on any atom is -0.497 e. The van der Waals surface area contributed by atoms with Crippen molar-refractivity contribution in [1.29, 1.82) is 0 Å². The van der Waals surface area contributed by atoms with Crippen LogP contribution in [0.25, 0.3) is 11.3 Å². The number of pyridine rings is 1. The quantitative estimate of drug-likeness (QED) is 0.743. The average Bonchev–Trinajstić information content (AvgIpc) is 2.40. The summed E-state index contributed by atoms with van der Waals surface area (Å²) in [4.78, 5) is 4.43. The topological polar surface area (TPSA) is 22.1 Å². The Hall–Kier alpha value is -2.09. The summed E-state index contributed by atoms with van der Waals surface area (Å²) in [7, 11) is 1.66. The highest BCUT2D eigenvalue weighted by molar-refractivity contribution is 5.60. The molecule has 0 fully saturated rings. The molecule has 2 rings (SSSR count). The van der Waals surface area contributed by atoms with Crippen molar-refractivity contribution in [3.05, 3.63) is 60.8 Å². The summed E-state index contributed by atoms with van der Waals surface area (Å²) in [5.41, 5.74) is 3.24. The molecule has 1 aromatic carbocycles. The summed E-state index contributed by atoms with van der Waals surface area (Å²) in [5.74, 6) is 0.858. The summed E-state index contributed by atoms with van der Waals surface area (Å²) in [6.07, 6.45) is 4.63. The van der Waals surface area contributed by atoms with Crippen LogP contribution >= 0.6 is 0 Å². The minimum atomic E-state index is 0.857. The Kier molecular flexibility index (Phi) is 3.55. The lowest BCUT2D eigenvalue weighted by molar-refractivity contribution is 0.415. The van der Waals surface area contributed by atoms with E-state index in [0.29, 0.717) is 0 Å². The minimum absolute atomic E-state index is 0.857. The lowest BCUT2D eigenvalue weighted by atomic mass is 10.1. The first-order chi connectivity index (χ1) is 8.33. The van der Waals surface area contributed by atoms with Crippen LogP contribution in [0.15, 0.2) is 55.3 Å². The van der Waals surface area contributed by atoms with Crippen molar-refractivity contribution in [2.75, 3.05) is 7.11 Å². The fraction of sp³-hybridized carbons (Fsp3) is 0.133. The number of nitrogens with zero attached hydrogens (tertiary/aromatic N) is 1. The lowest BCUT2D eigenvalue weighted by Gasteiger charge is -2.04. The molecule has 0 N–H and O–H groups in total. The van der Waals surface area contributed by atoms with Gasteiger partial charge in [0.1, 0.15) is 5.75 Å². The third-order valence-corrected chi connectivity index (χ3v) is 2.59. The van der Waals surface area contributed by atoms with Crippen LogP contribution in [0.3, 0.4) is 0 Å². The van der Waals surface area contributed by atoms with Crippen LogP contribution in [0.5, 0.6) is 5.75 Å². The number of allylic oxidation sites excluding steroid dienone is 1. The molecule has 0 aliphatic heterocycles. The van der Waals surface area contributed by atoms with Gasteiger partial charge in [0.2, 0.25) is 0 Å². The number of aromatic nitrogens is 1. The zero-order valence-corrected chi connectivity index (χ0v) is 9.89. The van der Waals surface area contributed by atoms with Crippen LogP contribution in [0, 0.1) is 0 Å². The Morgan fingerprint density at radius 1 is 1.18 bits per heavy atom. The molecule has 2 heteroatoms. The van der Waals surface area contributed by atoms with Gasteiger partial charge in [0.05, 0.1) is 12.8 Å². The molecule has 17 heavy (non-hydrogen) atoms. The number of hydrogen-bond acceptors (Lipinski definition) is 2. The maximum Gasteiger partial charge on any atom is 0.118 e. The molecule has 0 atom stereocenters. The highest BCUT2D eigenvalue weighted by Gasteiger charge is 1.99. The largest absolute Gasteiger partial charge is 0.497 e. The van der Waals surface area contributed by atoms with Gasteiger partial charge in [-0.15, -0.1) is 6.58 Å². The summed E-state index contributed by atoms with van der Waals surface area (Å²) in [6.45, 7) is 3.71. The Morgan fingerprint density at radius 2 is 1.94 bits per heavy atom. The van der Waals surface area contributed by atoms with E-state index >= 15 is 0 Å². The van der Waals surface area contributed by atoms with E-state index in [4.69, 9.17) is 4.74 Å². The van der Waals surface area contributed by atoms with Crippen LogP contribution in [0.2, 0.25) is 0 Å². The molecule has 0 bridgehead atoms. The van der Waals surface area contributed by atoms with Gasteiger partial charge >= 0.3 is 0 Å². The van der Waals surface area contributed by atoms with Gasteiger partial charge in [0, 0.05) is 11.8 Å². The second kappa shape index (κ2) is 5.30. The fourth-order valence-corrected chi connectivity index (χ4v) is 1.64. The molecule has 2 aromatic rings. The second-order valence-electron chi connectivity index (χ2n) is 3.77. The smallest absolute Gasteiger partial charge is 0.118 e. The van der Waals surface area contributed by atoms with Crippen LogP contribution in [0.4, 0.5) is 0 Å². The van der Waals surface area contributed by atoms with E-state index in [-0.39, 0.29) is 0 Å². The molecule has 86 valence electrons. The number of rotatable bonds is 4. The molecule has 0 unspecified atom stereocenters. The molecule has 2 nitrogen and oxygen atoms in total. The molecule has 0 saturated heterocycles. The molecule has 1 aromatic heterocycles. The van der Waals surface area contributed by atoms with E-state index < -0.39 is 0 Å². The van der Waals surface area contributed by atoms with Crippen molar-refractivity contribution in [1.82, 2.24) is 4.98 Å². The van der Waals surface area contributed by atoms with E-state index in [9.17, 15) is 0 Å². The molecule has 0 radical (unpaired) electrons. The zero-order chi connectivity index (χ0) is 12.1. The Labute approximate surface area is 102 Å². The molecule has 0 amide bonds. The normalized spacial score (nSPS) is 9.94. The number of ether oxygens (including phenoxy) is 1. The maximum absolute atomic E-state index is 5.12. The first kappa shape index (κ1) is 11.4. The van der Waals surface area contributed by atoms with Gasteiger partial charge in [-0.3, -0.25) is 4.98 Å². The van der Waals surface area contributed by atoms with Gasteiger partial charge in [-0.25, -0.2) is 0 Å². The van der Waals surface area contributed by atoms with Gasteiger partial charge in [-0.1, -0.05) is 12.1 Å². The van der Waals surface area contributed by atoms with Crippen LogP contribution < -0.4 is 4.74 Å². The van der Waals surface area contributed by atoms with E-state index in [0.717, 1.165) is 23.4 Å². The third kappa shape index (κ3) is 2.72. The maximum atomic E-state index is 5.12. The number of hydrogen-bond donors (Lipinski definition) is 0. The van der Waals surface area contributed by atoms with Crippen LogP contribution in [-0.2, 0) is 6.42 Å². The second-order valence-corrected chi connectivity index (χ2v) is 3.77. The van der Waals surface area contributed by atoms with Gasteiger partial charge in [-0.2, -0.15) is 0 Å². The molecular formula is C15H15NO. The van der Waals surface area contributed by atoms with Gasteiger partial charge in [-0.05, 0) is 42.3 Å². The zero-order valence-electron chi connectivity index (χ0n) is 9.89. The Morgan fingerprint density at radius 3 is 2.47 bits per heavy atom. The summed E-state index contributed by atoms with van der Waals surface area (Å²) < 4.78 is 5.12. The van der Waals surface area contributed by atoms with Gasteiger partial charge < -0.3 is 4.74 Å². The predicted octanol–water partition coefficient (Wildman–Crippen LogP) is 3.49. The lowest BCUT2D eigenvalue weighted by Crippen LogP contribution is -1.87. The van der Waals surface area contributed by atoms with E-state index in [1.807, 2.05) is 42.6 Å². The number of benzene rings is 1. The average molecular weight is 225 g/mol. The third-order valence-electron chi connectivity index (χ3n) is 2.59. The molecule has 1 heterocycles. The monoisotopic (exact) mass is 225 g/mol. The predicted molar refractivity (Wildman–Crippen MR) is 70.1 cm³/mol. The molecule has 0 saturated carbocycles. The molecule has 0 aliphatic carbocycles. The summed E-state index contributed by atoms with van der Waals surface area (Å²) >= 11 is 0.